The maximum atomic E-state index is 9.45. The van der Waals surface area contributed by atoms with E-state index < -0.39 is 0 Å². The highest BCUT2D eigenvalue weighted by Gasteiger charge is 2.12. The van der Waals surface area contributed by atoms with Gasteiger partial charge in [0, 0.05) is 12.6 Å². The Kier molecular flexibility index (Phi) is 5.75. The minimum absolute atomic E-state index is 0. The third kappa shape index (κ3) is 3.14. The van der Waals surface area contributed by atoms with Crippen molar-refractivity contribution >= 4 is 24.0 Å². The molecule has 0 radical (unpaired) electrons. The van der Waals surface area contributed by atoms with Gasteiger partial charge in [-0.25, -0.2) is 0 Å². The molecule has 1 rings (SSSR count). The van der Waals surface area contributed by atoms with E-state index in [0.29, 0.717) is 12.3 Å². The number of hydrogen-bond acceptors (Lipinski definition) is 4. The highest BCUT2D eigenvalue weighted by Crippen LogP contribution is 2.36. The molecule has 1 aromatic rings. The number of nitrogens with two attached hydrogens (primary N) is 2. The van der Waals surface area contributed by atoms with Crippen LogP contribution in [0.2, 0.25) is 5.02 Å². The minimum atomic E-state index is -0.304. The van der Waals surface area contributed by atoms with Crippen LogP contribution >= 0.6 is 24.0 Å². The first-order valence-corrected chi connectivity index (χ1v) is 4.50. The molecule has 0 spiro atoms. The monoisotopic (exact) mass is 252 g/mol. The number of ether oxygens (including phenoxy) is 1. The van der Waals surface area contributed by atoms with Crippen molar-refractivity contribution in [2.45, 2.75) is 6.04 Å². The molecule has 0 aromatic heterocycles. The standard InChI is InChI=1S/C9H13ClN2O2.ClH/c1-14-8-3-5(7(12)4-11)2-6(10)9(8)13;/h2-3,7,13H,4,11-12H2,1H3;1H/t7-;/m0./s1. The third-order valence-corrected chi connectivity index (χ3v) is 2.24. The molecule has 5 N–H and O–H groups in total. The van der Waals surface area contributed by atoms with Crippen LogP contribution in [-0.2, 0) is 0 Å². The van der Waals surface area contributed by atoms with Gasteiger partial charge in [-0.15, -0.1) is 12.4 Å². The second-order valence-corrected chi connectivity index (χ2v) is 3.30. The topological polar surface area (TPSA) is 81.5 Å². The highest BCUT2D eigenvalue weighted by atomic mass is 35.5. The van der Waals surface area contributed by atoms with E-state index in [1.165, 1.54) is 7.11 Å². The lowest BCUT2D eigenvalue weighted by atomic mass is 10.1. The molecule has 0 saturated carbocycles. The van der Waals surface area contributed by atoms with Gasteiger partial charge in [-0.3, -0.25) is 0 Å². The van der Waals surface area contributed by atoms with Crippen LogP contribution in [-0.4, -0.2) is 18.8 Å². The molecule has 0 bridgehead atoms. The molecule has 0 aliphatic heterocycles. The Morgan fingerprint density at radius 2 is 2.13 bits per heavy atom. The minimum Gasteiger partial charge on any atom is -0.503 e. The maximum absolute atomic E-state index is 9.45. The van der Waals surface area contributed by atoms with Crippen molar-refractivity contribution in [3.05, 3.63) is 22.7 Å². The highest BCUT2D eigenvalue weighted by molar-refractivity contribution is 6.32. The fraction of sp³-hybridized carbons (Fsp3) is 0.333. The number of aromatic hydroxyl groups is 1. The fourth-order valence-electron chi connectivity index (χ4n) is 1.10. The summed E-state index contributed by atoms with van der Waals surface area (Å²) in [5.41, 5.74) is 11.9. The molecular formula is C9H14Cl2N2O2. The van der Waals surface area contributed by atoms with Crippen molar-refractivity contribution in [2.75, 3.05) is 13.7 Å². The molecule has 0 unspecified atom stereocenters. The molecule has 4 nitrogen and oxygen atoms in total. The lowest BCUT2D eigenvalue weighted by molar-refractivity contribution is 0.372. The van der Waals surface area contributed by atoms with Gasteiger partial charge in [-0.1, -0.05) is 11.6 Å². The van der Waals surface area contributed by atoms with Crippen LogP contribution in [0.1, 0.15) is 11.6 Å². The van der Waals surface area contributed by atoms with Gasteiger partial charge in [0.25, 0.3) is 0 Å². The van der Waals surface area contributed by atoms with Crippen LogP contribution in [0.5, 0.6) is 11.5 Å². The predicted octanol–water partition coefficient (Wildman–Crippen LogP) is 1.43. The van der Waals surface area contributed by atoms with Crippen molar-refractivity contribution in [1.29, 1.82) is 0 Å². The molecule has 0 saturated heterocycles. The van der Waals surface area contributed by atoms with Gasteiger partial charge in [0.05, 0.1) is 12.1 Å². The summed E-state index contributed by atoms with van der Waals surface area (Å²) >= 11 is 5.77. The SMILES string of the molecule is COc1cc([C@@H](N)CN)cc(Cl)c1O.Cl. The second kappa shape index (κ2) is 6.02. The average molecular weight is 253 g/mol. The molecule has 86 valence electrons. The van der Waals surface area contributed by atoms with Crippen LogP contribution in [0.25, 0.3) is 0 Å². The normalized spacial score (nSPS) is 11.7. The average Bonchev–Trinajstić information content (AvgIpc) is 2.20. The van der Waals surface area contributed by atoms with Gasteiger partial charge in [-0.05, 0) is 17.7 Å². The zero-order valence-electron chi connectivity index (χ0n) is 8.24. The largest absolute Gasteiger partial charge is 0.503 e. The molecule has 1 atom stereocenters. The van der Waals surface area contributed by atoms with Crippen molar-refractivity contribution < 1.29 is 9.84 Å². The summed E-state index contributed by atoms with van der Waals surface area (Å²) < 4.78 is 4.93. The van der Waals surface area contributed by atoms with Crippen molar-refractivity contribution in [2.24, 2.45) is 11.5 Å². The Labute approximate surface area is 99.6 Å². The summed E-state index contributed by atoms with van der Waals surface area (Å²) in [7, 11) is 1.45. The van der Waals surface area contributed by atoms with Crippen LogP contribution in [0.15, 0.2) is 12.1 Å². The number of hydrogen-bond donors (Lipinski definition) is 3. The number of halogens is 2. The zero-order valence-corrected chi connectivity index (χ0v) is 9.81. The molecular weight excluding hydrogens is 239 g/mol. The molecule has 0 heterocycles. The van der Waals surface area contributed by atoms with Crippen molar-refractivity contribution in [3.8, 4) is 11.5 Å². The summed E-state index contributed by atoms with van der Waals surface area (Å²) in [6.45, 7) is 0.310. The Morgan fingerprint density at radius 1 is 1.53 bits per heavy atom. The van der Waals surface area contributed by atoms with E-state index in [4.69, 9.17) is 27.8 Å². The first kappa shape index (κ1) is 14.3. The second-order valence-electron chi connectivity index (χ2n) is 2.90. The lowest BCUT2D eigenvalue weighted by Crippen LogP contribution is -2.20. The van der Waals surface area contributed by atoms with E-state index in [1.807, 2.05) is 0 Å². The molecule has 0 amide bonds. The van der Waals surface area contributed by atoms with Gasteiger partial charge >= 0.3 is 0 Å². The number of rotatable bonds is 3. The number of benzene rings is 1. The maximum Gasteiger partial charge on any atom is 0.176 e. The summed E-state index contributed by atoms with van der Waals surface area (Å²) in [6, 6.07) is 2.90. The van der Waals surface area contributed by atoms with E-state index in [1.54, 1.807) is 12.1 Å². The number of phenolic OH excluding ortho intramolecular Hbond substituents is 1. The predicted molar refractivity (Wildman–Crippen MR) is 62.9 cm³/mol. The Hall–Kier alpha value is -0.680. The fourth-order valence-corrected chi connectivity index (χ4v) is 1.32. The lowest BCUT2D eigenvalue weighted by Gasteiger charge is -2.12. The van der Waals surface area contributed by atoms with E-state index in [2.05, 4.69) is 0 Å². The smallest absolute Gasteiger partial charge is 0.176 e. The molecule has 6 heteroatoms. The quantitative estimate of drug-likeness (QED) is 0.761. The van der Waals surface area contributed by atoms with Crippen molar-refractivity contribution in [1.82, 2.24) is 0 Å². The summed E-state index contributed by atoms with van der Waals surface area (Å²) in [4.78, 5) is 0. The Morgan fingerprint density at radius 3 is 2.60 bits per heavy atom. The van der Waals surface area contributed by atoms with Gasteiger partial charge in [0.2, 0.25) is 0 Å². The molecule has 1 aromatic carbocycles. The van der Waals surface area contributed by atoms with Crippen LogP contribution in [0.3, 0.4) is 0 Å². The Bertz CT molecular complexity index is 334. The van der Waals surface area contributed by atoms with Gasteiger partial charge < -0.3 is 21.3 Å². The van der Waals surface area contributed by atoms with Crippen LogP contribution in [0.4, 0.5) is 0 Å². The summed E-state index contributed by atoms with van der Waals surface area (Å²) in [5, 5.41) is 9.66. The third-order valence-electron chi connectivity index (χ3n) is 1.95. The van der Waals surface area contributed by atoms with E-state index >= 15 is 0 Å². The first-order chi connectivity index (χ1) is 6.60. The number of methoxy groups -OCH3 is 1. The summed E-state index contributed by atoms with van der Waals surface area (Å²) in [6.07, 6.45) is 0. The van der Waals surface area contributed by atoms with Gasteiger partial charge in [0.1, 0.15) is 0 Å². The summed E-state index contributed by atoms with van der Waals surface area (Å²) in [5.74, 6) is 0.221. The van der Waals surface area contributed by atoms with E-state index in [9.17, 15) is 5.11 Å². The van der Waals surface area contributed by atoms with Crippen molar-refractivity contribution in [3.63, 3.8) is 0 Å². The van der Waals surface area contributed by atoms with Crippen LogP contribution < -0.4 is 16.2 Å². The van der Waals surface area contributed by atoms with Crippen LogP contribution in [0, 0.1) is 0 Å². The molecule has 0 fully saturated rings. The molecule has 15 heavy (non-hydrogen) atoms. The molecule has 0 aliphatic rings. The van der Waals surface area contributed by atoms with Gasteiger partial charge in [0.15, 0.2) is 11.5 Å². The number of phenols is 1. The van der Waals surface area contributed by atoms with Gasteiger partial charge in [-0.2, -0.15) is 0 Å². The zero-order chi connectivity index (χ0) is 10.7. The molecule has 0 aliphatic carbocycles. The first-order valence-electron chi connectivity index (χ1n) is 4.12. The Balaban J connectivity index is 0.00000196. The van der Waals surface area contributed by atoms with E-state index in [-0.39, 0.29) is 29.2 Å². The van der Waals surface area contributed by atoms with E-state index in [0.717, 1.165) is 5.56 Å².